The van der Waals surface area contributed by atoms with Crippen molar-refractivity contribution in [2.24, 2.45) is 0 Å². The molecule has 1 rings (SSSR count). The third-order valence-electron chi connectivity index (χ3n) is 2.66. The Balaban J connectivity index is 3.76. The van der Waals surface area contributed by atoms with Gasteiger partial charge in [0.2, 0.25) is 19.7 Å². The van der Waals surface area contributed by atoms with Gasteiger partial charge in [0, 0.05) is 0 Å². The maximum absolute atomic E-state index is 13.1. The maximum Gasteiger partial charge on any atom is 0.415 e. The minimum Gasteiger partial charge on any atom is -0.221 e. The minimum absolute atomic E-state index is 0.374. The average molecular weight is 334 g/mol. The molecule has 0 amide bonds. The van der Waals surface area contributed by atoms with E-state index in [2.05, 4.69) is 0 Å². The molecular weight excluding hydrogens is 326 g/mol. The molecule has 0 aromatic heterocycles. The topological polar surface area (TPSA) is 68.3 Å². The number of sulfone groups is 2. The number of hydrogen-bond donors (Lipinski definition) is 0. The van der Waals surface area contributed by atoms with Crippen LogP contribution in [0.2, 0.25) is 0 Å². The van der Waals surface area contributed by atoms with Gasteiger partial charge < -0.3 is 0 Å². The molecule has 12 heteroatoms. The quantitative estimate of drug-likeness (QED) is 0.722. The van der Waals surface area contributed by atoms with Crippen molar-refractivity contribution in [3.8, 4) is 0 Å². The summed E-state index contributed by atoms with van der Waals surface area (Å²) >= 11 is 0. The van der Waals surface area contributed by atoms with Crippen molar-refractivity contribution in [1.82, 2.24) is 0 Å². The molecule has 1 aliphatic rings. The summed E-state index contributed by atoms with van der Waals surface area (Å²) in [6, 6.07) is 0. The van der Waals surface area contributed by atoms with Crippen LogP contribution in [-0.2, 0) is 19.7 Å². The van der Waals surface area contributed by atoms with Crippen molar-refractivity contribution in [3.63, 3.8) is 0 Å². The summed E-state index contributed by atoms with van der Waals surface area (Å²) in [6.07, 6.45) is -1.49. The Kier molecular flexibility index (Phi) is 3.47. The van der Waals surface area contributed by atoms with E-state index in [-0.39, 0.29) is 6.42 Å². The van der Waals surface area contributed by atoms with Crippen LogP contribution in [0.15, 0.2) is 0 Å². The molecule has 1 heterocycles. The zero-order chi connectivity index (χ0) is 15.5. The monoisotopic (exact) mass is 334 g/mol. The number of alkyl halides is 6. The van der Waals surface area contributed by atoms with E-state index in [1.165, 1.54) is 0 Å². The van der Waals surface area contributed by atoms with Crippen molar-refractivity contribution < 1.29 is 43.2 Å². The van der Waals surface area contributed by atoms with Gasteiger partial charge in [-0.25, -0.2) is 16.8 Å². The molecule has 0 N–H and O–H groups in total. The Labute approximate surface area is 104 Å². The number of hydrogen-bond acceptors (Lipinski definition) is 4. The van der Waals surface area contributed by atoms with Gasteiger partial charge in [0.05, 0.1) is 0 Å². The Morgan fingerprint density at radius 1 is 0.842 bits per heavy atom. The third kappa shape index (κ3) is 1.64. The highest BCUT2D eigenvalue weighted by molar-refractivity contribution is 8.10. The summed E-state index contributed by atoms with van der Waals surface area (Å²) in [4.78, 5) is 0. The van der Waals surface area contributed by atoms with E-state index < -0.39 is 47.1 Å². The van der Waals surface area contributed by atoms with Crippen LogP contribution in [0.1, 0.15) is 19.8 Å². The molecule has 1 aliphatic heterocycles. The van der Waals surface area contributed by atoms with E-state index in [4.69, 9.17) is 0 Å². The Morgan fingerprint density at radius 3 is 1.42 bits per heavy atom. The highest BCUT2D eigenvalue weighted by atomic mass is 32.3. The molecule has 114 valence electrons. The van der Waals surface area contributed by atoms with Gasteiger partial charge in [-0.15, -0.1) is 0 Å². The molecule has 0 atom stereocenters. The fourth-order valence-corrected chi connectivity index (χ4v) is 6.42. The SMILES string of the molecule is CCCC1S(=O)(=O)C(F)(F)C(F)(F)C(F)(F)S1(=O)=O. The van der Waals surface area contributed by atoms with E-state index in [9.17, 15) is 43.2 Å². The zero-order valence-electron chi connectivity index (χ0n) is 9.21. The van der Waals surface area contributed by atoms with Gasteiger partial charge in [0.15, 0.2) is 4.58 Å². The van der Waals surface area contributed by atoms with Crippen molar-refractivity contribution in [1.29, 1.82) is 0 Å². The fourth-order valence-electron chi connectivity index (χ4n) is 1.57. The molecule has 0 spiro atoms. The molecule has 0 aromatic carbocycles. The maximum atomic E-state index is 13.1. The first-order valence-electron chi connectivity index (χ1n) is 4.80. The Bertz CT molecular complexity index is 531. The van der Waals surface area contributed by atoms with E-state index in [0.717, 1.165) is 6.92 Å². The van der Waals surface area contributed by atoms with Crippen molar-refractivity contribution >= 4 is 19.7 Å². The van der Waals surface area contributed by atoms with Gasteiger partial charge in [0.25, 0.3) is 0 Å². The highest BCUT2D eigenvalue weighted by Crippen LogP contribution is 2.58. The molecular formula is C7H8F6O4S2. The van der Waals surface area contributed by atoms with E-state index in [0.29, 0.717) is 0 Å². The van der Waals surface area contributed by atoms with Gasteiger partial charge in [0.1, 0.15) is 0 Å². The van der Waals surface area contributed by atoms with E-state index in [1.807, 2.05) is 0 Å². The Morgan fingerprint density at radius 2 is 1.16 bits per heavy atom. The summed E-state index contributed by atoms with van der Waals surface area (Å²) in [7, 11) is -12.6. The van der Waals surface area contributed by atoms with Crippen LogP contribution in [0.25, 0.3) is 0 Å². The number of rotatable bonds is 2. The normalized spacial score (nSPS) is 30.9. The van der Waals surface area contributed by atoms with Crippen molar-refractivity contribution in [2.75, 3.05) is 0 Å². The van der Waals surface area contributed by atoms with Crippen molar-refractivity contribution in [3.05, 3.63) is 0 Å². The summed E-state index contributed by atoms with van der Waals surface area (Å²) in [5, 5.41) is -12.3. The smallest absolute Gasteiger partial charge is 0.221 e. The third-order valence-corrected chi connectivity index (χ3v) is 7.98. The van der Waals surface area contributed by atoms with Crippen LogP contribution >= 0.6 is 0 Å². The molecule has 0 bridgehead atoms. The van der Waals surface area contributed by atoms with Gasteiger partial charge in [-0.2, -0.15) is 26.3 Å². The Hall–Kier alpha value is -0.520. The van der Waals surface area contributed by atoms with E-state index in [1.54, 1.807) is 0 Å². The van der Waals surface area contributed by atoms with Crippen LogP contribution in [-0.4, -0.2) is 37.8 Å². The predicted molar refractivity (Wildman–Crippen MR) is 51.4 cm³/mol. The zero-order valence-corrected chi connectivity index (χ0v) is 10.8. The highest BCUT2D eigenvalue weighted by Gasteiger charge is 2.88. The second-order valence-corrected chi connectivity index (χ2v) is 8.56. The van der Waals surface area contributed by atoms with Gasteiger partial charge >= 0.3 is 16.4 Å². The van der Waals surface area contributed by atoms with Crippen LogP contribution in [0.3, 0.4) is 0 Å². The lowest BCUT2D eigenvalue weighted by Crippen LogP contribution is -2.69. The molecule has 1 saturated heterocycles. The molecule has 0 unspecified atom stereocenters. The van der Waals surface area contributed by atoms with Crippen LogP contribution < -0.4 is 0 Å². The fraction of sp³-hybridized carbons (Fsp3) is 1.00. The molecule has 0 aliphatic carbocycles. The van der Waals surface area contributed by atoms with E-state index >= 15 is 0 Å². The van der Waals surface area contributed by atoms with Crippen molar-refractivity contribution in [2.45, 2.75) is 40.8 Å². The lowest BCUT2D eigenvalue weighted by molar-refractivity contribution is -0.246. The first-order chi connectivity index (χ1) is 8.19. The number of halogens is 6. The molecule has 0 saturated carbocycles. The largest absolute Gasteiger partial charge is 0.415 e. The van der Waals surface area contributed by atoms with Gasteiger partial charge in [-0.3, -0.25) is 0 Å². The lowest BCUT2D eigenvalue weighted by atomic mass is 10.3. The van der Waals surface area contributed by atoms with Crippen LogP contribution in [0.4, 0.5) is 26.3 Å². The lowest BCUT2D eigenvalue weighted by Gasteiger charge is -2.39. The summed E-state index contributed by atoms with van der Waals surface area (Å²) < 4.78 is 120. The van der Waals surface area contributed by atoms with Gasteiger partial charge in [-0.05, 0) is 6.42 Å². The van der Waals surface area contributed by atoms with Crippen LogP contribution in [0, 0.1) is 0 Å². The predicted octanol–water partition coefficient (Wildman–Crippen LogP) is 1.78. The summed E-state index contributed by atoms with van der Waals surface area (Å²) in [5.41, 5.74) is 0. The molecule has 4 nitrogen and oxygen atoms in total. The molecule has 0 radical (unpaired) electrons. The minimum atomic E-state index is -6.53. The first kappa shape index (κ1) is 16.5. The molecule has 0 aromatic rings. The molecule has 19 heavy (non-hydrogen) atoms. The second-order valence-electron chi connectivity index (χ2n) is 3.92. The first-order valence-corrected chi connectivity index (χ1v) is 7.89. The average Bonchev–Trinajstić information content (AvgIpc) is 2.22. The summed E-state index contributed by atoms with van der Waals surface area (Å²) in [5.74, 6) is -6.53. The van der Waals surface area contributed by atoms with Crippen LogP contribution in [0.5, 0.6) is 0 Å². The standard InChI is InChI=1S/C7H8F6O4S2/c1-2-3-4-18(14,15)6(10,11)5(8,9)7(12,13)19(4,16)17/h4H,2-3H2,1H3. The second kappa shape index (κ2) is 3.99. The summed E-state index contributed by atoms with van der Waals surface area (Å²) in [6.45, 7) is 1.13. The molecule has 1 fully saturated rings. The van der Waals surface area contributed by atoms with Gasteiger partial charge in [-0.1, -0.05) is 13.3 Å².